The van der Waals surface area contributed by atoms with E-state index in [4.69, 9.17) is 6.42 Å². The molecular weight excluding hydrogens is 206 g/mol. The van der Waals surface area contributed by atoms with E-state index in [9.17, 15) is 0 Å². The van der Waals surface area contributed by atoms with Crippen molar-refractivity contribution in [2.24, 2.45) is 0 Å². The first kappa shape index (κ1) is 17.2. The zero-order valence-electron chi connectivity index (χ0n) is 10.4. The fourth-order valence-corrected chi connectivity index (χ4v) is 2.31. The van der Waals surface area contributed by atoms with Crippen molar-refractivity contribution in [1.82, 2.24) is 5.32 Å². The minimum atomic E-state index is 0. The second-order valence-electron chi connectivity index (χ2n) is 4.09. The lowest BCUT2D eigenvalue weighted by molar-refractivity contribution is 0.264. The fraction of sp³-hybridized carbons (Fsp3) is 0.846. The maximum atomic E-state index is 5.31. The molecule has 1 N–H and O–H groups in total. The summed E-state index contributed by atoms with van der Waals surface area (Å²) in [7, 11) is 0. The van der Waals surface area contributed by atoms with E-state index in [0.717, 1.165) is 0 Å². The van der Waals surface area contributed by atoms with Crippen LogP contribution in [-0.4, -0.2) is 12.1 Å². The molecule has 0 atom stereocenters. The molecule has 0 spiro atoms. The number of terminal acetylenes is 1. The van der Waals surface area contributed by atoms with E-state index < -0.39 is 0 Å². The van der Waals surface area contributed by atoms with Crippen LogP contribution in [0, 0.1) is 12.3 Å². The van der Waals surface area contributed by atoms with Crippen molar-refractivity contribution < 1.29 is 0 Å². The summed E-state index contributed by atoms with van der Waals surface area (Å²) >= 11 is 0. The summed E-state index contributed by atoms with van der Waals surface area (Å²) in [6, 6.07) is 0. The molecule has 0 aliphatic heterocycles. The second kappa shape index (κ2) is 10.3. The summed E-state index contributed by atoms with van der Waals surface area (Å²) in [5.74, 6) is 2.69. The predicted octanol–water partition coefficient (Wildman–Crippen LogP) is 3.77. The molecule has 0 fully saturated rings. The van der Waals surface area contributed by atoms with E-state index in [0.29, 0.717) is 12.1 Å². The van der Waals surface area contributed by atoms with E-state index in [-0.39, 0.29) is 12.4 Å². The Bertz CT molecular complexity index is 155. The normalized spacial score (nSPS) is 10.5. The first-order chi connectivity index (χ1) is 6.74. The minimum Gasteiger partial charge on any atom is -0.301 e. The summed E-state index contributed by atoms with van der Waals surface area (Å²) < 4.78 is 0. The van der Waals surface area contributed by atoms with Gasteiger partial charge in [-0.1, -0.05) is 46.0 Å². The van der Waals surface area contributed by atoms with E-state index in [2.05, 4.69) is 32.0 Å². The van der Waals surface area contributed by atoms with Gasteiger partial charge in [-0.15, -0.1) is 18.8 Å². The van der Waals surface area contributed by atoms with Crippen molar-refractivity contribution >= 4 is 12.4 Å². The predicted molar refractivity (Wildman–Crippen MR) is 71.5 cm³/mol. The smallest absolute Gasteiger partial charge is 0.0578 e. The van der Waals surface area contributed by atoms with E-state index >= 15 is 0 Å². The van der Waals surface area contributed by atoms with Gasteiger partial charge in [-0.05, 0) is 19.3 Å². The molecule has 0 aromatic heterocycles. The van der Waals surface area contributed by atoms with Crippen molar-refractivity contribution in [2.45, 2.75) is 64.8 Å². The second-order valence-corrected chi connectivity index (χ2v) is 4.09. The first-order valence-corrected chi connectivity index (χ1v) is 5.93. The molecule has 0 aromatic carbocycles. The summed E-state index contributed by atoms with van der Waals surface area (Å²) in [5, 5.41) is 3.55. The summed E-state index contributed by atoms with van der Waals surface area (Å²) in [6.45, 7) is 7.45. The third-order valence-electron chi connectivity index (χ3n) is 2.75. The van der Waals surface area contributed by atoms with Crippen molar-refractivity contribution in [3.05, 3.63) is 0 Å². The fourth-order valence-electron chi connectivity index (χ4n) is 2.31. The summed E-state index contributed by atoms with van der Waals surface area (Å²) in [6.07, 6.45) is 12.8. The summed E-state index contributed by atoms with van der Waals surface area (Å²) in [4.78, 5) is 0. The van der Waals surface area contributed by atoms with Gasteiger partial charge in [-0.3, -0.25) is 0 Å². The Balaban J connectivity index is 0. The van der Waals surface area contributed by atoms with Crippen LogP contribution in [0.15, 0.2) is 0 Å². The van der Waals surface area contributed by atoms with Gasteiger partial charge < -0.3 is 5.32 Å². The average molecular weight is 232 g/mol. The van der Waals surface area contributed by atoms with Gasteiger partial charge in [0.1, 0.15) is 0 Å². The Hall–Kier alpha value is -0.190. The van der Waals surface area contributed by atoms with E-state index in [1.54, 1.807) is 0 Å². The highest BCUT2D eigenvalue weighted by molar-refractivity contribution is 5.85. The molecule has 0 aromatic rings. The molecule has 0 amide bonds. The Morgan fingerprint density at radius 1 is 1.00 bits per heavy atom. The molecule has 0 saturated heterocycles. The van der Waals surface area contributed by atoms with Gasteiger partial charge in [0.05, 0.1) is 6.54 Å². The van der Waals surface area contributed by atoms with Crippen LogP contribution in [0.5, 0.6) is 0 Å². The monoisotopic (exact) mass is 231 g/mol. The molecular formula is C13H26ClN. The lowest BCUT2D eigenvalue weighted by atomic mass is 9.84. The van der Waals surface area contributed by atoms with Crippen LogP contribution >= 0.6 is 12.4 Å². The van der Waals surface area contributed by atoms with Gasteiger partial charge in [0, 0.05) is 5.54 Å². The molecule has 0 unspecified atom stereocenters. The Morgan fingerprint density at radius 2 is 1.40 bits per heavy atom. The SMILES string of the molecule is C#CCNC(CCC)(CCC)CCC.Cl. The van der Waals surface area contributed by atoms with Crippen LogP contribution < -0.4 is 5.32 Å². The molecule has 90 valence electrons. The van der Waals surface area contributed by atoms with Crippen LogP contribution in [0.25, 0.3) is 0 Å². The Morgan fingerprint density at radius 3 is 1.67 bits per heavy atom. The van der Waals surface area contributed by atoms with Gasteiger partial charge >= 0.3 is 0 Å². The number of rotatable bonds is 8. The highest BCUT2D eigenvalue weighted by atomic mass is 35.5. The lowest BCUT2D eigenvalue weighted by Gasteiger charge is -2.34. The van der Waals surface area contributed by atoms with Gasteiger partial charge in [0.25, 0.3) is 0 Å². The van der Waals surface area contributed by atoms with Gasteiger partial charge in [0.15, 0.2) is 0 Å². The maximum absolute atomic E-state index is 5.31. The third kappa shape index (κ3) is 6.82. The topological polar surface area (TPSA) is 12.0 Å². The quantitative estimate of drug-likeness (QED) is 0.628. The molecule has 1 nitrogen and oxygen atoms in total. The lowest BCUT2D eigenvalue weighted by Crippen LogP contribution is -2.45. The number of nitrogens with one attached hydrogen (secondary N) is 1. The highest BCUT2D eigenvalue weighted by Crippen LogP contribution is 2.24. The number of hydrogen-bond donors (Lipinski definition) is 1. The Labute approximate surface area is 102 Å². The molecule has 0 radical (unpaired) electrons. The zero-order valence-corrected chi connectivity index (χ0v) is 11.3. The zero-order chi connectivity index (χ0) is 10.9. The Kier molecular flexibility index (Phi) is 11.9. The number of hydrogen-bond acceptors (Lipinski definition) is 1. The average Bonchev–Trinajstić information content (AvgIpc) is 2.16. The van der Waals surface area contributed by atoms with Crippen LogP contribution in [0.3, 0.4) is 0 Å². The van der Waals surface area contributed by atoms with Gasteiger partial charge in [-0.25, -0.2) is 0 Å². The molecule has 0 aliphatic carbocycles. The van der Waals surface area contributed by atoms with Crippen molar-refractivity contribution in [3.8, 4) is 12.3 Å². The van der Waals surface area contributed by atoms with Crippen LogP contribution in [-0.2, 0) is 0 Å². The van der Waals surface area contributed by atoms with Crippen LogP contribution in [0.1, 0.15) is 59.3 Å². The van der Waals surface area contributed by atoms with Gasteiger partial charge in [-0.2, -0.15) is 0 Å². The number of halogens is 1. The standard InChI is InChI=1S/C13H25N.ClH/c1-5-9-13(10-6-2,11-7-3)14-12-8-4;/h4,14H,5-7,9-12H2,1-3H3;1H. The van der Waals surface area contributed by atoms with Gasteiger partial charge in [0.2, 0.25) is 0 Å². The maximum Gasteiger partial charge on any atom is 0.0578 e. The van der Waals surface area contributed by atoms with Crippen molar-refractivity contribution in [2.75, 3.05) is 6.54 Å². The summed E-state index contributed by atoms with van der Waals surface area (Å²) in [5.41, 5.74) is 0.310. The molecule has 15 heavy (non-hydrogen) atoms. The molecule has 0 saturated carbocycles. The first-order valence-electron chi connectivity index (χ1n) is 5.93. The largest absolute Gasteiger partial charge is 0.301 e. The van der Waals surface area contributed by atoms with Crippen molar-refractivity contribution in [1.29, 1.82) is 0 Å². The van der Waals surface area contributed by atoms with Crippen LogP contribution in [0.4, 0.5) is 0 Å². The molecule has 0 bridgehead atoms. The molecule has 0 heterocycles. The van der Waals surface area contributed by atoms with Crippen LogP contribution in [0.2, 0.25) is 0 Å². The minimum absolute atomic E-state index is 0. The van der Waals surface area contributed by atoms with E-state index in [1.807, 2.05) is 0 Å². The highest BCUT2D eigenvalue weighted by Gasteiger charge is 2.25. The third-order valence-corrected chi connectivity index (χ3v) is 2.75. The molecule has 0 rings (SSSR count). The van der Waals surface area contributed by atoms with Crippen molar-refractivity contribution in [3.63, 3.8) is 0 Å². The molecule has 2 heteroatoms. The van der Waals surface area contributed by atoms with E-state index in [1.165, 1.54) is 38.5 Å². The molecule has 0 aliphatic rings.